The molecular weight excluding hydrogens is 162 g/mol. The highest BCUT2D eigenvalue weighted by Gasteiger charge is 2.38. The summed E-state index contributed by atoms with van der Waals surface area (Å²) in [6.45, 7) is 6.56. The van der Waals surface area contributed by atoms with Gasteiger partial charge in [0, 0.05) is 19.1 Å². The van der Waals surface area contributed by atoms with Crippen molar-refractivity contribution in [2.45, 2.75) is 45.3 Å². The molecule has 2 nitrogen and oxygen atoms in total. The minimum Gasteiger partial charge on any atom is -0.391 e. The van der Waals surface area contributed by atoms with Crippen molar-refractivity contribution in [3.05, 3.63) is 0 Å². The van der Waals surface area contributed by atoms with Gasteiger partial charge in [-0.1, -0.05) is 13.8 Å². The molecule has 2 rings (SSSR count). The summed E-state index contributed by atoms with van der Waals surface area (Å²) in [5, 5.41) is 9.75. The van der Waals surface area contributed by atoms with E-state index in [0.717, 1.165) is 31.5 Å². The molecule has 76 valence electrons. The highest BCUT2D eigenvalue weighted by molar-refractivity contribution is 4.92. The third-order valence-electron chi connectivity index (χ3n) is 3.82. The molecule has 13 heavy (non-hydrogen) atoms. The van der Waals surface area contributed by atoms with E-state index in [0.29, 0.717) is 5.92 Å². The standard InChI is InChI=1S/C11H21NO/c1-3-9-6-12(7-11(9)13)10-4-8(2)5-10/h8-11,13H,3-7H2,1-2H3. The number of nitrogens with zero attached hydrogens (tertiary/aromatic N) is 1. The molecule has 0 radical (unpaired) electrons. The van der Waals surface area contributed by atoms with Crippen LogP contribution in [0.25, 0.3) is 0 Å². The van der Waals surface area contributed by atoms with E-state index in [1.165, 1.54) is 12.8 Å². The van der Waals surface area contributed by atoms with Gasteiger partial charge in [-0.2, -0.15) is 0 Å². The zero-order chi connectivity index (χ0) is 9.42. The quantitative estimate of drug-likeness (QED) is 0.701. The monoisotopic (exact) mass is 183 g/mol. The van der Waals surface area contributed by atoms with E-state index in [1.54, 1.807) is 0 Å². The fourth-order valence-electron chi connectivity index (χ4n) is 2.74. The van der Waals surface area contributed by atoms with Crippen LogP contribution >= 0.6 is 0 Å². The Morgan fingerprint density at radius 2 is 2.00 bits per heavy atom. The van der Waals surface area contributed by atoms with E-state index < -0.39 is 0 Å². The number of β-amino-alcohol motifs (C(OH)–C–C–N with tert-alkyl or cyclic N) is 1. The second kappa shape index (κ2) is 3.58. The SMILES string of the molecule is CCC1CN(C2CC(C)C2)CC1O. The Balaban J connectivity index is 1.83. The molecule has 1 heterocycles. The molecule has 1 N–H and O–H groups in total. The predicted octanol–water partition coefficient (Wildman–Crippen LogP) is 1.49. The summed E-state index contributed by atoms with van der Waals surface area (Å²) >= 11 is 0. The van der Waals surface area contributed by atoms with Crippen LogP contribution in [0, 0.1) is 11.8 Å². The smallest absolute Gasteiger partial charge is 0.0707 e. The van der Waals surface area contributed by atoms with Crippen LogP contribution in [0.1, 0.15) is 33.1 Å². The molecule has 0 spiro atoms. The molecule has 0 amide bonds. The first-order valence-electron chi connectivity index (χ1n) is 5.62. The van der Waals surface area contributed by atoms with Crippen LogP contribution in [0.2, 0.25) is 0 Å². The van der Waals surface area contributed by atoms with Crippen LogP contribution in [0.5, 0.6) is 0 Å². The summed E-state index contributed by atoms with van der Waals surface area (Å²) in [4.78, 5) is 2.50. The van der Waals surface area contributed by atoms with Gasteiger partial charge in [-0.25, -0.2) is 0 Å². The molecule has 0 bridgehead atoms. The first-order valence-corrected chi connectivity index (χ1v) is 5.62. The minimum atomic E-state index is -0.0547. The lowest BCUT2D eigenvalue weighted by atomic mass is 9.81. The van der Waals surface area contributed by atoms with E-state index in [-0.39, 0.29) is 6.10 Å². The fourth-order valence-corrected chi connectivity index (χ4v) is 2.74. The lowest BCUT2D eigenvalue weighted by Gasteiger charge is -2.39. The van der Waals surface area contributed by atoms with Gasteiger partial charge in [0.05, 0.1) is 6.10 Å². The van der Waals surface area contributed by atoms with Crippen molar-refractivity contribution in [1.29, 1.82) is 0 Å². The summed E-state index contributed by atoms with van der Waals surface area (Å²) in [6.07, 6.45) is 3.77. The molecule has 1 aliphatic heterocycles. The van der Waals surface area contributed by atoms with Gasteiger partial charge < -0.3 is 5.11 Å². The number of hydrogen-bond acceptors (Lipinski definition) is 2. The molecule has 2 heteroatoms. The number of aliphatic hydroxyl groups is 1. The van der Waals surface area contributed by atoms with Gasteiger partial charge in [0.2, 0.25) is 0 Å². The van der Waals surface area contributed by atoms with Gasteiger partial charge in [-0.15, -0.1) is 0 Å². The molecule has 2 aliphatic rings. The first-order chi connectivity index (χ1) is 6.20. The van der Waals surface area contributed by atoms with E-state index in [2.05, 4.69) is 18.7 Å². The highest BCUT2D eigenvalue weighted by Crippen LogP contribution is 2.34. The van der Waals surface area contributed by atoms with Crippen LogP contribution in [-0.2, 0) is 0 Å². The van der Waals surface area contributed by atoms with E-state index in [1.807, 2.05) is 0 Å². The van der Waals surface area contributed by atoms with Crippen molar-refractivity contribution in [1.82, 2.24) is 4.90 Å². The molecule has 2 fully saturated rings. The van der Waals surface area contributed by atoms with Gasteiger partial charge in [0.1, 0.15) is 0 Å². The Hall–Kier alpha value is -0.0800. The van der Waals surface area contributed by atoms with Crippen LogP contribution in [0.15, 0.2) is 0 Å². The summed E-state index contributed by atoms with van der Waals surface area (Å²) in [5.74, 6) is 1.46. The summed E-state index contributed by atoms with van der Waals surface area (Å²) < 4.78 is 0. The van der Waals surface area contributed by atoms with Crippen molar-refractivity contribution in [3.8, 4) is 0 Å². The maximum absolute atomic E-state index is 9.75. The zero-order valence-electron chi connectivity index (χ0n) is 8.74. The normalized spacial score (nSPS) is 46.4. The molecule has 0 aromatic carbocycles. The Morgan fingerprint density at radius 1 is 1.31 bits per heavy atom. The Morgan fingerprint density at radius 3 is 2.46 bits per heavy atom. The van der Waals surface area contributed by atoms with Gasteiger partial charge in [-0.3, -0.25) is 4.90 Å². The number of rotatable bonds is 2. The molecule has 0 aromatic rings. The summed E-state index contributed by atoms with van der Waals surface area (Å²) in [7, 11) is 0. The van der Waals surface area contributed by atoms with Gasteiger partial charge in [0.15, 0.2) is 0 Å². The van der Waals surface area contributed by atoms with Crippen LogP contribution in [-0.4, -0.2) is 35.2 Å². The molecule has 2 unspecified atom stereocenters. The summed E-state index contributed by atoms with van der Waals surface area (Å²) in [6, 6.07) is 0.793. The van der Waals surface area contributed by atoms with E-state index in [4.69, 9.17) is 0 Å². The molecular formula is C11H21NO. The van der Waals surface area contributed by atoms with Gasteiger partial charge >= 0.3 is 0 Å². The van der Waals surface area contributed by atoms with E-state index in [9.17, 15) is 5.11 Å². The molecule has 1 aliphatic carbocycles. The van der Waals surface area contributed by atoms with Crippen molar-refractivity contribution >= 4 is 0 Å². The van der Waals surface area contributed by atoms with Gasteiger partial charge in [-0.05, 0) is 31.1 Å². The second-order valence-corrected chi connectivity index (χ2v) is 4.92. The Kier molecular flexibility index (Phi) is 2.61. The third kappa shape index (κ3) is 1.75. The van der Waals surface area contributed by atoms with Crippen molar-refractivity contribution in [2.24, 2.45) is 11.8 Å². The lowest BCUT2D eigenvalue weighted by molar-refractivity contribution is 0.0900. The molecule has 1 saturated carbocycles. The minimum absolute atomic E-state index is 0.0547. The van der Waals surface area contributed by atoms with E-state index >= 15 is 0 Å². The summed E-state index contributed by atoms with van der Waals surface area (Å²) in [5.41, 5.74) is 0. The van der Waals surface area contributed by atoms with Crippen molar-refractivity contribution in [2.75, 3.05) is 13.1 Å². The van der Waals surface area contributed by atoms with Crippen LogP contribution < -0.4 is 0 Å². The lowest BCUT2D eigenvalue weighted by Crippen LogP contribution is -2.43. The number of hydrogen-bond donors (Lipinski definition) is 1. The number of aliphatic hydroxyl groups excluding tert-OH is 1. The second-order valence-electron chi connectivity index (χ2n) is 4.92. The predicted molar refractivity (Wildman–Crippen MR) is 53.5 cm³/mol. The largest absolute Gasteiger partial charge is 0.391 e. The topological polar surface area (TPSA) is 23.5 Å². The zero-order valence-corrected chi connectivity index (χ0v) is 8.74. The Labute approximate surface area is 80.9 Å². The molecule has 2 atom stereocenters. The Bertz CT molecular complexity index is 177. The van der Waals surface area contributed by atoms with Crippen molar-refractivity contribution < 1.29 is 5.11 Å². The fraction of sp³-hybridized carbons (Fsp3) is 1.00. The molecule has 0 aromatic heterocycles. The van der Waals surface area contributed by atoms with Crippen LogP contribution in [0.3, 0.4) is 0 Å². The first kappa shape index (κ1) is 9.47. The maximum Gasteiger partial charge on any atom is 0.0707 e. The average Bonchev–Trinajstić information content (AvgIpc) is 2.41. The number of likely N-dealkylation sites (tertiary alicyclic amines) is 1. The average molecular weight is 183 g/mol. The van der Waals surface area contributed by atoms with Crippen LogP contribution in [0.4, 0.5) is 0 Å². The van der Waals surface area contributed by atoms with Crippen molar-refractivity contribution in [3.63, 3.8) is 0 Å². The third-order valence-corrected chi connectivity index (χ3v) is 3.82. The highest BCUT2D eigenvalue weighted by atomic mass is 16.3. The maximum atomic E-state index is 9.75. The molecule has 1 saturated heterocycles. The van der Waals surface area contributed by atoms with Gasteiger partial charge in [0.25, 0.3) is 0 Å².